The van der Waals surface area contributed by atoms with E-state index in [2.05, 4.69) is 15.9 Å². The number of halogens is 1. The zero-order chi connectivity index (χ0) is 21.5. The number of hydrogen-bond donors (Lipinski definition) is 1. The molecule has 0 spiro atoms. The second-order valence-electron chi connectivity index (χ2n) is 8.23. The molecule has 1 heterocycles. The highest BCUT2D eigenvalue weighted by molar-refractivity contribution is 9.09. The van der Waals surface area contributed by atoms with Crippen molar-refractivity contribution in [2.75, 3.05) is 4.90 Å². The Morgan fingerprint density at radius 2 is 1.39 bits per heavy atom. The summed E-state index contributed by atoms with van der Waals surface area (Å²) in [7, 11) is 0. The average Bonchev–Trinajstić information content (AvgIpc) is 3.06. The fourth-order valence-corrected chi connectivity index (χ4v) is 6.89. The minimum atomic E-state index is -1.05. The summed E-state index contributed by atoms with van der Waals surface area (Å²) in [5.41, 5.74) is 4.72. The quantitative estimate of drug-likeness (QED) is 0.445. The van der Waals surface area contributed by atoms with Crippen molar-refractivity contribution in [3.63, 3.8) is 0 Å². The Kier molecular flexibility index (Phi) is 3.67. The summed E-state index contributed by atoms with van der Waals surface area (Å²) in [6.07, 6.45) is 0. The first-order valence-corrected chi connectivity index (χ1v) is 10.8. The Morgan fingerprint density at radius 1 is 0.839 bits per heavy atom. The lowest BCUT2D eigenvalue weighted by Crippen LogP contribution is -2.50. The standard InChI is InChI=1S/C25H16BrNO4/c26-25-17-7-3-1-5-15(17)19(16-6-2-4-8-18(16)25)20-21(25)23(29)27(22(20)28)14-11-9-13(10-12-14)24(30)31/h1-12,19-21H,(H,30,31)/t19?,20-,21+,25?/m0/s1. The van der Waals surface area contributed by atoms with E-state index in [0.29, 0.717) is 5.69 Å². The molecule has 2 bridgehead atoms. The molecule has 31 heavy (non-hydrogen) atoms. The molecule has 0 saturated carbocycles. The van der Waals surface area contributed by atoms with Crippen LogP contribution in [0.3, 0.4) is 0 Å². The van der Waals surface area contributed by atoms with E-state index in [-0.39, 0.29) is 23.3 Å². The molecule has 0 radical (unpaired) electrons. The zero-order valence-corrected chi connectivity index (χ0v) is 17.7. The molecular weight excluding hydrogens is 458 g/mol. The lowest BCUT2D eigenvalue weighted by molar-refractivity contribution is -0.122. The van der Waals surface area contributed by atoms with E-state index in [1.165, 1.54) is 29.2 Å². The molecular formula is C25H16BrNO4. The van der Waals surface area contributed by atoms with E-state index in [4.69, 9.17) is 0 Å². The van der Waals surface area contributed by atoms with Crippen LogP contribution in [-0.4, -0.2) is 22.9 Å². The predicted octanol–water partition coefficient (Wildman–Crippen LogP) is 4.29. The molecule has 2 atom stereocenters. The predicted molar refractivity (Wildman–Crippen MR) is 117 cm³/mol. The lowest BCUT2D eigenvalue weighted by Gasteiger charge is -2.51. The summed E-state index contributed by atoms with van der Waals surface area (Å²) in [5.74, 6) is -2.84. The molecule has 0 aromatic heterocycles. The molecule has 6 heteroatoms. The molecule has 3 aromatic rings. The van der Waals surface area contributed by atoms with Gasteiger partial charge in [-0.05, 0) is 46.5 Å². The van der Waals surface area contributed by atoms with Gasteiger partial charge in [-0.15, -0.1) is 0 Å². The van der Waals surface area contributed by atoms with Crippen molar-refractivity contribution in [3.05, 3.63) is 101 Å². The topological polar surface area (TPSA) is 74.7 Å². The second kappa shape index (κ2) is 6.14. The fraction of sp³-hybridized carbons (Fsp3) is 0.160. The van der Waals surface area contributed by atoms with Crippen LogP contribution in [0.2, 0.25) is 0 Å². The van der Waals surface area contributed by atoms with Crippen LogP contribution in [0.25, 0.3) is 0 Å². The van der Waals surface area contributed by atoms with Crippen molar-refractivity contribution < 1.29 is 19.5 Å². The van der Waals surface area contributed by atoms with Crippen molar-refractivity contribution in [1.29, 1.82) is 0 Å². The molecule has 1 saturated heterocycles. The molecule has 4 aliphatic rings. The van der Waals surface area contributed by atoms with E-state index in [1.807, 2.05) is 48.5 Å². The largest absolute Gasteiger partial charge is 0.478 e. The van der Waals surface area contributed by atoms with Crippen LogP contribution in [0.1, 0.15) is 38.5 Å². The Labute approximate surface area is 186 Å². The van der Waals surface area contributed by atoms with Crippen LogP contribution in [0.4, 0.5) is 5.69 Å². The van der Waals surface area contributed by atoms with E-state index in [1.54, 1.807) is 0 Å². The number of rotatable bonds is 2. The van der Waals surface area contributed by atoms with Crippen LogP contribution in [0.5, 0.6) is 0 Å². The number of carboxylic acids is 1. The van der Waals surface area contributed by atoms with Gasteiger partial charge in [0, 0.05) is 5.92 Å². The number of aromatic carboxylic acids is 1. The molecule has 3 aliphatic carbocycles. The summed E-state index contributed by atoms with van der Waals surface area (Å²) >= 11 is 3.96. The summed E-state index contributed by atoms with van der Waals surface area (Å²) < 4.78 is -0.790. The fourth-order valence-electron chi connectivity index (χ4n) is 5.69. The Hall–Kier alpha value is -3.25. The van der Waals surface area contributed by atoms with Crippen LogP contribution in [0, 0.1) is 11.8 Å². The van der Waals surface area contributed by atoms with E-state index < -0.39 is 22.1 Å². The zero-order valence-electron chi connectivity index (χ0n) is 16.2. The van der Waals surface area contributed by atoms with Gasteiger partial charge in [-0.3, -0.25) is 9.59 Å². The van der Waals surface area contributed by atoms with Crippen LogP contribution in [-0.2, 0) is 13.9 Å². The first-order chi connectivity index (χ1) is 14.9. The molecule has 0 unspecified atom stereocenters. The smallest absolute Gasteiger partial charge is 0.335 e. The molecule has 3 aromatic carbocycles. The third kappa shape index (κ3) is 2.18. The number of hydrogen-bond acceptors (Lipinski definition) is 3. The summed E-state index contributed by atoms with van der Waals surface area (Å²) in [5, 5.41) is 9.17. The van der Waals surface area contributed by atoms with E-state index >= 15 is 0 Å². The Bertz CT molecular complexity index is 1250. The van der Waals surface area contributed by atoms with Gasteiger partial charge in [-0.1, -0.05) is 64.5 Å². The Morgan fingerprint density at radius 3 is 1.94 bits per heavy atom. The number of carboxylic acid groups (broad SMARTS) is 1. The van der Waals surface area contributed by atoms with Gasteiger partial charge < -0.3 is 5.11 Å². The number of imide groups is 1. The molecule has 5 nitrogen and oxygen atoms in total. The Balaban J connectivity index is 1.55. The average molecular weight is 474 g/mol. The first-order valence-electron chi connectivity index (χ1n) is 10.0. The molecule has 7 rings (SSSR count). The van der Waals surface area contributed by atoms with Crippen LogP contribution in [0.15, 0.2) is 72.8 Å². The summed E-state index contributed by atoms with van der Waals surface area (Å²) in [6, 6.07) is 21.9. The highest BCUT2D eigenvalue weighted by atomic mass is 79.9. The van der Waals surface area contributed by atoms with Gasteiger partial charge in [-0.25, -0.2) is 9.69 Å². The summed E-state index contributed by atoms with van der Waals surface area (Å²) in [4.78, 5) is 39.9. The van der Waals surface area contributed by atoms with Gasteiger partial charge in [0.2, 0.25) is 11.8 Å². The number of alkyl halides is 1. The van der Waals surface area contributed by atoms with Gasteiger partial charge in [0.05, 0.1) is 27.4 Å². The minimum Gasteiger partial charge on any atom is -0.478 e. The molecule has 1 aliphatic heterocycles. The van der Waals surface area contributed by atoms with Crippen molar-refractivity contribution in [3.8, 4) is 0 Å². The van der Waals surface area contributed by atoms with Crippen LogP contribution < -0.4 is 4.90 Å². The number of benzene rings is 3. The van der Waals surface area contributed by atoms with Gasteiger partial charge in [-0.2, -0.15) is 0 Å². The summed E-state index contributed by atoms with van der Waals surface area (Å²) in [6.45, 7) is 0. The van der Waals surface area contributed by atoms with Gasteiger partial charge >= 0.3 is 5.97 Å². The highest BCUT2D eigenvalue weighted by Gasteiger charge is 2.67. The van der Waals surface area contributed by atoms with Crippen molar-refractivity contribution in [2.45, 2.75) is 10.2 Å². The van der Waals surface area contributed by atoms with Gasteiger partial charge in [0.15, 0.2) is 0 Å². The molecule has 1 N–H and O–H groups in total. The van der Waals surface area contributed by atoms with E-state index in [0.717, 1.165) is 22.3 Å². The first kappa shape index (κ1) is 18.5. The van der Waals surface area contributed by atoms with Crippen molar-refractivity contribution >= 4 is 39.4 Å². The number of amides is 2. The third-order valence-electron chi connectivity index (χ3n) is 6.89. The number of nitrogens with zero attached hydrogens (tertiary/aromatic N) is 1. The van der Waals surface area contributed by atoms with Crippen molar-refractivity contribution in [1.82, 2.24) is 0 Å². The molecule has 2 amide bonds. The minimum absolute atomic E-state index is 0.108. The third-order valence-corrected chi connectivity index (χ3v) is 8.23. The second-order valence-corrected chi connectivity index (χ2v) is 9.48. The number of anilines is 1. The maximum Gasteiger partial charge on any atom is 0.335 e. The highest BCUT2D eigenvalue weighted by Crippen LogP contribution is 2.66. The number of carbonyl (C=O) groups is 3. The normalized spacial score (nSPS) is 27.6. The van der Waals surface area contributed by atoms with Gasteiger partial charge in [0.25, 0.3) is 0 Å². The molecule has 1 fully saturated rings. The number of carbonyl (C=O) groups excluding carboxylic acids is 2. The van der Waals surface area contributed by atoms with Gasteiger partial charge in [0.1, 0.15) is 0 Å². The van der Waals surface area contributed by atoms with Crippen molar-refractivity contribution in [2.24, 2.45) is 11.8 Å². The lowest BCUT2D eigenvalue weighted by atomic mass is 9.55. The monoisotopic (exact) mass is 473 g/mol. The molecule has 152 valence electrons. The van der Waals surface area contributed by atoms with E-state index in [9.17, 15) is 19.5 Å². The maximum atomic E-state index is 13.7. The SMILES string of the molecule is O=C(O)c1ccc(N2C(=O)[C@H]3C4c5ccccc5C(Br)(c5ccccc54)[C@H]3C2=O)cc1. The van der Waals surface area contributed by atoms with Crippen LogP contribution >= 0.6 is 15.9 Å². The maximum absolute atomic E-state index is 13.7.